The Bertz CT molecular complexity index is 813. The standard InChI is InChI=1S/C17H19N3S/c1-11-16(20-10-15(9-18)19-17(20)21-11)14-7-6-12-4-2-3-5-13(12)8-14/h6-8,10H,2-5,9,18H2,1H3. The van der Waals surface area contributed by atoms with Crippen LogP contribution in [0.2, 0.25) is 0 Å². The van der Waals surface area contributed by atoms with E-state index in [1.807, 2.05) is 0 Å². The van der Waals surface area contributed by atoms with Gasteiger partial charge in [0.25, 0.3) is 0 Å². The fourth-order valence-electron chi connectivity index (χ4n) is 3.32. The predicted octanol–water partition coefficient (Wildman–Crippen LogP) is 3.71. The molecule has 108 valence electrons. The topological polar surface area (TPSA) is 43.3 Å². The van der Waals surface area contributed by atoms with Crippen LogP contribution in [0.15, 0.2) is 24.4 Å². The molecule has 0 atom stereocenters. The van der Waals surface area contributed by atoms with Gasteiger partial charge in [0, 0.05) is 17.6 Å². The average Bonchev–Trinajstić information content (AvgIpc) is 3.02. The maximum atomic E-state index is 5.72. The van der Waals surface area contributed by atoms with E-state index in [-0.39, 0.29) is 0 Å². The van der Waals surface area contributed by atoms with E-state index < -0.39 is 0 Å². The van der Waals surface area contributed by atoms with E-state index in [2.05, 4.69) is 40.7 Å². The molecule has 3 aromatic rings. The van der Waals surface area contributed by atoms with Crippen LogP contribution in [0.5, 0.6) is 0 Å². The highest BCUT2D eigenvalue weighted by atomic mass is 32.1. The van der Waals surface area contributed by atoms with Gasteiger partial charge in [0.05, 0.1) is 11.4 Å². The van der Waals surface area contributed by atoms with Gasteiger partial charge in [-0.05, 0) is 55.4 Å². The van der Waals surface area contributed by atoms with Crippen LogP contribution < -0.4 is 5.73 Å². The van der Waals surface area contributed by atoms with Crippen molar-refractivity contribution >= 4 is 16.3 Å². The van der Waals surface area contributed by atoms with Crippen molar-refractivity contribution in [1.82, 2.24) is 9.38 Å². The van der Waals surface area contributed by atoms with Gasteiger partial charge in [0.1, 0.15) is 0 Å². The van der Waals surface area contributed by atoms with Gasteiger partial charge < -0.3 is 5.73 Å². The first-order chi connectivity index (χ1) is 10.3. The molecule has 0 amide bonds. The van der Waals surface area contributed by atoms with E-state index in [0.717, 1.165) is 10.7 Å². The Kier molecular flexibility index (Phi) is 3.08. The summed E-state index contributed by atoms with van der Waals surface area (Å²) in [5.41, 5.74) is 12.3. The SMILES string of the molecule is Cc1sc2nc(CN)cn2c1-c1ccc2c(c1)CCCC2. The van der Waals surface area contributed by atoms with Crippen LogP contribution in [-0.2, 0) is 19.4 Å². The molecular weight excluding hydrogens is 278 g/mol. The van der Waals surface area contributed by atoms with Crippen molar-refractivity contribution in [3.8, 4) is 11.3 Å². The van der Waals surface area contributed by atoms with Crippen LogP contribution in [0, 0.1) is 6.92 Å². The summed E-state index contributed by atoms with van der Waals surface area (Å²) >= 11 is 1.74. The molecule has 3 nitrogen and oxygen atoms in total. The molecule has 0 radical (unpaired) electrons. The molecule has 0 fully saturated rings. The average molecular weight is 297 g/mol. The molecule has 0 saturated heterocycles. The molecule has 2 N–H and O–H groups in total. The lowest BCUT2D eigenvalue weighted by Crippen LogP contribution is -2.02. The minimum Gasteiger partial charge on any atom is -0.325 e. The third-order valence-corrected chi connectivity index (χ3v) is 5.34. The number of aryl methyl sites for hydroxylation is 3. The van der Waals surface area contributed by atoms with Crippen molar-refractivity contribution in [3.05, 3.63) is 46.1 Å². The van der Waals surface area contributed by atoms with Gasteiger partial charge in [0.15, 0.2) is 4.96 Å². The molecule has 21 heavy (non-hydrogen) atoms. The van der Waals surface area contributed by atoms with Crippen LogP contribution in [0.1, 0.15) is 34.5 Å². The maximum absolute atomic E-state index is 5.72. The predicted molar refractivity (Wildman–Crippen MR) is 87.8 cm³/mol. The largest absolute Gasteiger partial charge is 0.325 e. The van der Waals surface area contributed by atoms with Crippen molar-refractivity contribution in [2.45, 2.75) is 39.2 Å². The van der Waals surface area contributed by atoms with Crippen LogP contribution >= 0.6 is 11.3 Å². The minimum absolute atomic E-state index is 0.497. The smallest absolute Gasteiger partial charge is 0.194 e. The maximum Gasteiger partial charge on any atom is 0.194 e. The molecule has 1 aliphatic rings. The molecule has 0 bridgehead atoms. The molecule has 0 spiro atoms. The summed E-state index contributed by atoms with van der Waals surface area (Å²) in [5, 5.41) is 0. The number of nitrogens with zero attached hydrogens (tertiary/aromatic N) is 2. The van der Waals surface area contributed by atoms with Gasteiger partial charge >= 0.3 is 0 Å². The van der Waals surface area contributed by atoms with Crippen molar-refractivity contribution in [2.24, 2.45) is 5.73 Å². The number of nitrogens with two attached hydrogens (primary N) is 1. The number of hydrogen-bond donors (Lipinski definition) is 1. The molecule has 2 heterocycles. The molecule has 0 saturated carbocycles. The van der Waals surface area contributed by atoms with E-state index in [1.54, 1.807) is 11.3 Å². The summed E-state index contributed by atoms with van der Waals surface area (Å²) in [4.78, 5) is 6.94. The summed E-state index contributed by atoms with van der Waals surface area (Å²) in [6, 6.07) is 6.96. The van der Waals surface area contributed by atoms with Gasteiger partial charge in [-0.1, -0.05) is 12.1 Å². The van der Waals surface area contributed by atoms with Crippen molar-refractivity contribution < 1.29 is 0 Å². The highest BCUT2D eigenvalue weighted by molar-refractivity contribution is 7.17. The van der Waals surface area contributed by atoms with Crippen LogP contribution in [0.3, 0.4) is 0 Å². The molecule has 2 aromatic heterocycles. The quantitative estimate of drug-likeness (QED) is 0.783. The first-order valence-corrected chi connectivity index (χ1v) is 8.37. The van der Waals surface area contributed by atoms with Crippen molar-refractivity contribution in [2.75, 3.05) is 0 Å². The highest BCUT2D eigenvalue weighted by Crippen LogP contribution is 2.33. The first-order valence-electron chi connectivity index (χ1n) is 7.56. The normalized spacial score (nSPS) is 14.6. The lowest BCUT2D eigenvalue weighted by Gasteiger charge is -2.16. The zero-order chi connectivity index (χ0) is 14.4. The number of aromatic nitrogens is 2. The summed E-state index contributed by atoms with van der Waals surface area (Å²) in [7, 11) is 0. The summed E-state index contributed by atoms with van der Waals surface area (Å²) in [5.74, 6) is 0. The van der Waals surface area contributed by atoms with Crippen LogP contribution in [0.25, 0.3) is 16.2 Å². The summed E-state index contributed by atoms with van der Waals surface area (Å²) < 4.78 is 2.20. The molecule has 4 heteroatoms. The number of fused-ring (bicyclic) bond motifs is 2. The van der Waals surface area contributed by atoms with Gasteiger partial charge in [-0.15, -0.1) is 11.3 Å². The number of thiazole rings is 1. The van der Waals surface area contributed by atoms with E-state index in [4.69, 9.17) is 5.73 Å². The van der Waals surface area contributed by atoms with Crippen LogP contribution in [-0.4, -0.2) is 9.38 Å². The summed E-state index contributed by atoms with van der Waals surface area (Å²) in [6.07, 6.45) is 7.17. The van der Waals surface area contributed by atoms with Gasteiger partial charge in [-0.3, -0.25) is 4.40 Å². The monoisotopic (exact) mass is 297 g/mol. The zero-order valence-corrected chi connectivity index (χ0v) is 13.0. The number of rotatable bonds is 2. The molecule has 1 aromatic carbocycles. The van der Waals surface area contributed by atoms with Gasteiger partial charge in [-0.25, -0.2) is 4.98 Å². The van der Waals surface area contributed by atoms with Crippen molar-refractivity contribution in [3.63, 3.8) is 0 Å². The number of hydrogen-bond acceptors (Lipinski definition) is 3. The van der Waals surface area contributed by atoms with Crippen LogP contribution in [0.4, 0.5) is 0 Å². The van der Waals surface area contributed by atoms with E-state index in [0.29, 0.717) is 6.54 Å². The molecule has 4 rings (SSSR count). The Hall–Kier alpha value is -1.65. The Morgan fingerprint density at radius 3 is 2.86 bits per heavy atom. The molecule has 1 aliphatic carbocycles. The Morgan fingerprint density at radius 1 is 1.24 bits per heavy atom. The second-order valence-corrected chi connectivity index (χ2v) is 6.97. The minimum atomic E-state index is 0.497. The zero-order valence-electron chi connectivity index (χ0n) is 12.2. The van der Waals surface area contributed by atoms with Gasteiger partial charge in [-0.2, -0.15) is 0 Å². The highest BCUT2D eigenvalue weighted by Gasteiger charge is 2.16. The lowest BCUT2D eigenvalue weighted by atomic mass is 9.90. The molecular formula is C17H19N3S. The Morgan fingerprint density at radius 2 is 2.05 bits per heavy atom. The van der Waals surface area contributed by atoms with E-state index in [1.165, 1.54) is 52.9 Å². The summed E-state index contributed by atoms with van der Waals surface area (Å²) in [6.45, 7) is 2.67. The Labute approximate surface area is 128 Å². The van der Waals surface area contributed by atoms with Crippen molar-refractivity contribution in [1.29, 1.82) is 0 Å². The first kappa shape index (κ1) is 13.0. The number of benzene rings is 1. The fourth-order valence-corrected chi connectivity index (χ4v) is 4.31. The van der Waals surface area contributed by atoms with Gasteiger partial charge in [0.2, 0.25) is 0 Å². The second kappa shape index (κ2) is 4.97. The third kappa shape index (κ3) is 2.10. The van der Waals surface area contributed by atoms with E-state index >= 15 is 0 Å². The Balaban J connectivity index is 1.89. The molecule has 0 aliphatic heterocycles. The third-order valence-electron chi connectivity index (χ3n) is 4.37. The number of imidazole rings is 1. The second-order valence-electron chi connectivity index (χ2n) is 5.79. The lowest BCUT2D eigenvalue weighted by molar-refractivity contribution is 0.686. The van der Waals surface area contributed by atoms with E-state index in [9.17, 15) is 0 Å². The fraction of sp³-hybridized carbons (Fsp3) is 0.353. The molecule has 0 unspecified atom stereocenters.